The van der Waals surface area contributed by atoms with Gasteiger partial charge < -0.3 is 9.47 Å². The van der Waals surface area contributed by atoms with Crippen molar-refractivity contribution in [1.29, 1.82) is 0 Å². The molecule has 2 heteroatoms. The van der Waals surface area contributed by atoms with Crippen molar-refractivity contribution in [3.05, 3.63) is 151 Å². The molecule has 0 heterocycles. The van der Waals surface area contributed by atoms with E-state index in [1.807, 2.05) is 37.3 Å². The predicted octanol–water partition coefficient (Wildman–Crippen LogP) is 7.68. The van der Waals surface area contributed by atoms with Crippen LogP contribution in [0.1, 0.15) is 29.2 Å². The van der Waals surface area contributed by atoms with Gasteiger partial charge in [-0.1, -0.05) is 98.6 Å². The maximum absolute atomic E-state index is 5.76. The molecule has 0 saturated carbocycles. The van der Waals surface area contributed by atoms with Crippen LogP contribution in [0, 0.1) is 0 Å². The summed E-state index contributed by atoms with van der Waals surface area (Å²) in [6.07, 6.45) is 9.77. The normalized spacial score (nSPS) is 14.0. The van der Waals surface area contributed by atoms with Gasteiger partial charge in [-0.15, -0.1) is 0 Å². The molecular formula is C32H30O2. The van der Waals surface area contributed by atoms with Crippen LogP contribution in [0.2, 0.25) is 0 Å². The third-order valence-electron chi connectivity index (χ3n) is 6.16. The summed E-state index contributed by atoms with van der Waals surface area (Å²) in [5.41, 5.74) is 6.59. The third-order valence-corrected chi connectivity index (χ3v) is 6.16. The zero-order valence-corrected chi connectivity index (χ0v) is 19.7. The first-order chi connectivity index (χ1) is 16.7. The molecule has 1 aliphatic rings. The number of hydrogen-bond acceptors (Lipinski definition) is 2. The van der Waals surface area contributed by atoms with Crippen molar-refractivity contribution in [1.82, 2.24) is 0 Å². The van der Waals surface area contributed by atoms with Crippen molar-refractivity contribution >= 4 is 5.57 Å². The molecule has 0 radical (unpaired) electrons. The summed E-state index contributed by atoms with van der Waals surface area (Å²) < 4.78 is 11.5. The van der Waals surface area contributed by atoms with Gasteiger partial charge in [0.05, 0.1) is 5.41 Å². The van der Waals surface area contributed by atoms with Crippen LogP contribution in [0.15, 0.2) is 128 Å². The molecule has 0 unspecified atom stereocenters. The zero-order chi connectivity index (χ0) is 24.0. The highest BCUT2D eigenvalue weighted by Crippen LogP contribution is 2.55. The molecule has 0 N–H and O–H groups in total. The van der Waals surface area contributed by atoms with E-state index >= 15 is 0 Å². The lowest BCUT2D eigenvalue weighted by Gasteiger charge is -2.35. The number of hydrogen-bond donors (Lipinski definition) is 0. The number of fused-ring (bicyclic) bond motifs is 1. The van der Waals surface area contributed by atoms with Crippen LogP contribution in [-0.4, -0.2) is 13.2 Å². The Morgan fingerprint density at radius 3 is 1.74 bits per heavy atom. The summed E-state index contributed by atoms with van der Waals surface area (Å²) in [5, 5.41) is 0. The molecule has 34 heavy (non-hydrogen) atoms. The lowest BCUT2D eigenvalue weighted by Crippen LogP contribution is -2.29. The van der Waals surface area contributed by atoms with E-state index in [4.69, 9.17) is 9.47 Å². The van der Waals surface area contributed by atoms with Crippen molar-refractivity contribution in [3.63, 3.8) is 0 Å². The van der Waals surface area contributed by atoms with Crippen LogP contribution in [0.4, 0.5) is 0 Å². The first-order valence-electron chi connectivity index (χ1n) is 11.5. The number of ether oxygens (including phenoxy) is 2. The van der Waals surface area contributed by atoms with Gasteiger partial charge >= 0.3 is 0 Å². The molecule has 0 aliphatic heterocycles. The molecule has 170 valence electrons. The number of rotatable bonds is 10. The van der Waals surface area contributed by atoms with Gasteiger partial charge in [-0.25, -0.2) is 0 Å². The van der Waals surface area contributed by atoms with Crippen molar-refractivity contribution in [2.75, 3.05) is 13.2 Å². The maximum Gasteiger partial charge on any atom is 0.119 e. The van der Waals surface area contributed by atoms with Gasteiger partial charge in [-0.2, -0.15) is 0 Å². The Bertz CT molecular complexity index is 1190. The quantitative estimate of drug-likeness (QED) is 0.297. The Hall–Kier alpha value is -4.04. The molecule has 2 nitrogen and oxygen atoms in total. The monoisotopic (exact) mass is 446 g/mol. The lowest BCUT2D eigenvalue weighted by molar-refractivity contribution is 0.363. The van der Waals surface area contributed by atoms with E-state index in [1.165, 1.54) is 16.7 Å². The average molecular weight is 447 g/mol. The number of benzene rings is 3. The number of allylic oxidation sites excluding steroid dienone is 5. The van der Waals surface area contributed by atoms with Gasteiger partial charge in [-0.3, -0.25) is 0 Å². The minimum absolute atomic E-state index is 0.475. The van der Waals surface area contributed by atoms with Crippen LogP contribution in [0.3, 0.4) is 0 Å². The molecule has 0 fully saturated rings. The Balaban J connectivity index is 1.98. The molecule has 0 saturated heterocycles. The molecule has 0 amide bonds. The highest BCUT2D eigenvalue weighted by molar-refractivity contribution is 5.91. The first kappa shape index (κ1) is 23.1. The second-order valence-corrected chi connectivity index (χ2v) is 8.08. The zero-order valence-electron chi connectivity index (χ0n) is 19.7. The van der Waals surface area contributed by atoms with E-state index in [1.54, 1.807) is 12.2 Å². The topological polar surface area (TPSA) is 18.5 Å². The second-order valence-electron chi connectivity index (χ2n) is 8.08. The molecule has 0 spiro atoms. The molecule has 0 atom stereocenters. The highest BCUT2D eigenvalue weighted by Gasteiger charge is 2.46. The van der Waals surface area contributed by atoms with Crippen molar-refractivity contribution in [2.24, 2.45) is 0 Å². The summed E-state index contributed by atoms with van der Waals surface area (Å²) in [6, 6.07) is 25.3. The van der Waals surface area contributed by atoms with Crippen LogP contribution in [0.25, 0.3) is 5.57 Å². The van der Waals surface area contributed by atoms with Crippen LogP contribution in [-0.2, 0) is 5.41 Å². The SMILES string of the molecule is C=CCOc1ccc(C2(c3ccc(OCC=C)cc3)C(C=C)=C(/C=C\C)c3ccccc32)cc1. The fraction of sp³-hybridized carbons (Fsp3) is 0.125. The molecule has 3 aromatic rings. The van der Waals surface area contributed by atoms with Crippen LogP contribution in [0.5, 0.6) is 11.5 Å². The Labute approximate surface area is 202 Å². The largest absolute Gasteiger partial charge is 0.490 e. The van der Waals surface area contributed by atoms with E-state index in [-0.39, 0.29) is 0 Å². The van der Waals surface area contributed by atoms with E-state index in [0.29, 0.717) is 13.2 Å². The molecule has 1 aliphatic carbocycles. The van der Waals surface area contributed by atoms with Crippen LogP contribution >= 0.6 is 0 Å². The van der Waals surface area contributed by atoms with Crippen molar-refractivity contribution in [3.8, 4) is 11.5 Å². The lowest BCUT2D eigenvalue weighted by atomic mass is 9.67. The minimum atomic E-state index is -0.513. The summed E-state index contributed by atoms with van der Waals surface area (Å²) >= 11 is 0. The maximum atomic E-state index is 5.76. The smallest absolute Gasteiger partial charge is 0.119 e. The van der Waals surface area contributed by atoms with Gasteiger partial charge in [0.2, 0.25) is 0 Å². The summed E-state index contributed by atoms with van der Waals surface area (Å²) in [6.45, 7) is 14.7. The molecule has 0 aromatic heterocycles. The molecule has 4 rings (SSSR count). The van der Waals surface area contributed by atoms with Gasteiger partial charge in [0.25, 0.3) is 0 Å². The van der Waals surface area contributed by atoms with Crippen molar-refractivity contribution < 1.29 is 9.47 Å². The second kappa shape index (κ2) is 10.3. The van der Waals surface area contributed by atoms with Gasteiger partial charge in [0.1, 0.15) is 24.7 Å². The van der Waals surface area contributed by atoms with Crippen LogP contribution < -0.4 is 9.47 Å². The van der Waals surface area contributed by atoms with Crippen molar-refractivity contribution in [2.45, 2.75) is 12.3 Å². The van der Waals surface area contributed by atoms with E-state index in [0.717, 1.165) is 28.2 Å². The predicted molar refractivity (Wildman–Crippen MR) is 143 cm³/mol. The van der Waals surface area contributed by atoms with Gasteiger partial charge in [-0.05, 0) is 64.6 Å². The Kier molecular flexibility index (Phi) is 6.98. The molecular weight excluding hydrogens is 416 g/mol. The Morgan fingerprint density at radius 1 is 0.735 bits per heavy atom. The fourth-order valence-electron chi connectivity index (χ4n) is 4.85. The highest BCUT2D eigenvalue weighted by atomic mass is 16.5. The van der Waals surface area contributed by atoms with Gasteiger partial charge in [0.15, 0.2) is 0 Å². The fourth-order valence-corrected chi connectivity index (χ4v) is 4.85. The third kappa shape index (κ3) is 3.92. The average Bonchev–Trinajstić information content (AvgIpc) is 3.17. The molecule has 0 bridgehead atoms. The summed E-state index contributed by atoms with van der Waals surface area (Å²) in [5.74, 6) is 1.63. The summed E-state index contributed by atoms with van der Waals surface area (Å²) in [7, 11) is 0. The molecule has 3 aromatic carbocycles. The Morgan fingerprint density at radius 2 is 1.26 bits per heavy atom. The van der Waals surface area contributed by atoms with E-state index in [9.17, 15) is 0 Å². The van der Waals surface area contributed by atoms with Gasteiger partial charge in [0, 0.05) is 0 Å². The minimum Gasteiger partial charge on any atom is -0.490 e. The first-order valence-corrected chi connectivity index (χ1v) is 11.5. The summed E-state index contributed by atoms with van der Waals surface area (Å²) in [4.78, 5) is 0. The standard InChI is InChI=1S/C32H30O2/c1-5-11-28-29-12-9-10-13-31(29)32(30(28)8-4,24-14-18-26(19-15-24)33-22-6-2)25-16-20-27(21-17-25)34-23-7-3/h5-21H,2-4,22-23H2,1H3/b11-5-. The van der Waals surface area contributed by atoms with E-state index in [2.05, 4.69) is 80.4 Å². The van der Waals surface area contributed by atoms with E-state index < -0.39 is 5.41 Å².